The van der Waals surface area contributed by atoms with Crippen molar-refractivity contribution < 1.29 is 9.72 Å². The molecule has 0 aliphatic carbocycles. The third-order valence-electron chi connectivity index (χ3n) is 4.70. The standard InChI is InChI=1S/C15H18ClN3O3.ClH/c16-14-7-12(19(21)22)1-2-13(14)15(20)18-5-3-10-8-17-9-11(10)4-6-18;/h1-2,7,10-11,17H,3-6,8-9H2;1H/t10-,11+;. The van der Waals surface area contributed by atoms with Gasteiger partial charge in [0.05, 0.1) is 15.5 Å². The predicted molar refractivity (Wildman–Crippen MR) is 90.3 cm³/mol. The molecule has 1 aromatic rings. The molecule has 0 saturated carbocycles. The van der Waals surface area contributed by atoms with Gasteiger partial charge in [-0.15, -0.1) is 12.4 Å². The van der Waals surface area contributed by atoms with Crippen LogP contribution in [0.3, 0.4) is 0 Å². The van der Waals surface area contributed by atoms with E-state index in [2.05, 4.69) is 5.32 Å². The predicted octanol–water partition coefficient (Wildman–Crippen LogP) is 2.74. The minimum Gasteiger partial charge on any atom is -0.339 e. The van der Waals surface area contributed by atoms with Crippen LogP contribution in [0.5, 0.6) is 0 Å². The van der Waals surface area contributed by atoms with E-state index < -0.39 is 4.92 Å². The summed E-state index contributed by atoms with van der Waals surface area (Å²) in [6.45, 7) is 3.50. The number of hydrogen-bond acceptors (Lipinski definition) is 4. The van der Waals surface area contributed by atoms with Crippen LogP contribution in [0.25, 0.3) is 0 Å². The molecule has 1 N–H and O–H groups in total. The Balaban J connectivity index is 0.00000192. The van der Waals surface area contributed by atoms with Crippen molar-refractivity contribution in [3.05, 3.63) is 38.9 Å². The van der Waals surface area contributed by atoms with Crippen LogP contribution < -0.4 is 5.32 Å². The van der Waals surface area contributed by atoms with Crippen molar-refractivity contribution >= 4 is 35.6 Å². The first-order valence-corrected chi connectivity index (χ1v) is 7.88. The Hall–Kier alpha value is -1.37. The van der Waals surface area contributed by atoms with E-state index in [-0.39, 0.29) is 29.0 Å². The molecule has 2 aliphatic heterocycles. The lowest BCUT2D eigenvalue weighted by molar-refractivity contribution is -0.384. The fraction of sp³-hybridized carbons (Fsp3) is 0.533. The molecule has 2 fully saturated rings. The molecule has 23 heavy (non-hydrogen) atoms. The molecule has 0 radical (unpaired) electrons. The number of halogens is 2. The number of nitrogens with zero attached hydrogens (tertiary/aromatic N) is 2. The summed E-state index contributed by atoms with van der Waals surface area (Å²) in [5, 5.41) is 14.3. The number of carbonyl (C=O) groups excluding carboxylic acids is 1. The van der Waals surface area contributed by atoms with Crippen LogP contribution in [-0.4, -0.2) is 41.9 Å². The number of nitro benzene ring substituents is 1. The molecule has 126 valence electrons. The van der Waals surface area contributed by atoms with Gasteiger partial charge in [0.2, 0.25) is 0 Å². The minimum absolute atomic E-state index is 0. The fourth-order valence-corrected chi connectivity index (χ4v) is 3.64. The minimum atomic E-state index is -0.514. The normalized spacial score (nSPS) is 23.6. The van der Waals surface area contributed by atoms with Gasteiger partial charge in [-0.2, -0.15) is 0 Å². The second kappa shape index (κ2) is 7.47. The van der Waals surface area contributed by atoms with E-state index in [9.17, 15) is 14.9 Å². The van der Waals surface area contributed by atoms with Gasteiger partial charge in [0, 0.05) is 25.2 Å². The maximum atomic E-state index is 12.6. The molecule has 6 nitrogen and oxygen atoms in total. The Morgan fingerprint density at radius 3 is 2.39 bits per heavy atom. The lowest BCUT2D eigenvalue weighted by Crippen LogP contribution is -2.33. The zero-order valence-electron chi connectivity index (χ0n) is 12.5. The number of likely N-dealkylation sites (tertiary alicyclic amines) is 1. The summed E-state index contributed by atoms with van der Waals surface area (Å²) in [6, 6.07) is 4.02. The number of rotatable bonds is 2. The zero-order chi connectivity index (χ0) is 15.7. The monoisotopic (exact) mass is 359 g/mol. The molecular formula is C15H19Cl2N3O3. The summed E-state index contributed by atoms with van der Waals surface area (Å²) in [6.07, 6.45) is 1.99. The van der Waals surface area contributed by atoms with E-state index in [0.29, 0.717) is 17.4 Å². The van der Waals surface area contributed by atoms with E-state index in [1.165, 1.54) is 18.2 Å². The molecule has 0 aromatic heterocycles. The summed E-state index contributed by atoms with van der Waals surface area (Å²) in [5.41, 5.74) is 0.246. The highest BCUT2D eigenvalue weighted by Crippen LogP contribution is 2.29. The van der Waals surface area contributed by atoms with Crippen LogP contribution in [0.4, 0.5) is 5.69 Å². The van der Waals surface area contributed by atoms with Crippen molar-refractivity contribution in [1.29, 1.82) is 0 Å². The molecule has 0 spiro atoms. The number of amides is 1. The van der Waals surface area contributed by atoms with Crippen LogP contribution in [-0.2, 0) is 0 Å². The SMILES string of the molecule is Cl.O=C(c1ccc([N+](=O)[O-])cc1Cl)N1CC[C@@H]2CNC[C@@H]2CC1. The van der Waals surface area contributed by atoms with Crippen LogP contribution in [0.15, 0.2) is 18.2 Å². The van der Waals surface area contributed by atoms with Gasteiger partial charge in [-0.1, -0.05) is 11.6 Å². The van der Waals surface area contributed by atoms with Gasteiger partial charge >= 0.3 is 0 Å². The topological polar surface area (TPSA) is 75.5 Å². The maximum Gasteiger partial charge on any atom is 0.270 e. The van der Waals surface area contributed by atoms with E-state index >= 15 is 0 Å². The van der Waals surface area contributed by atoms with Gasteiger partial charge in [0.25, 0.3) is 11.6 Å². The van der Waals surface area contributed by atoms with Gasteiger partial charge < -0.3 is 10.2 Å². The van der Waals surface area contributed by atoms with E-state index in [1.54, 1.807) is 0 Å². The van der Waals surface area contributed by atoms with Crippen molar-refractivity contribution in [3.8, 4) is 0 Å². The Bertz CT molecular complexity index is 598. The second-order valence-corrected chi connectivity index (χ2v) is 6.38. The summed E-state index contributed by atoms with van der Waals surface area (Å²) < 4.78 is 0. The van der Waals surface area contributed by atoms with Gasteiger partial charge in [-0.25, -0.2) is 0 Å². The summed E-state index contributed by atoms with van der Waals surface area (Å²) in [5.74, 6) is 1.16. The van der Waals surface area contributed by atoms with E-state index in [0.717, 1.165) is 39.0 Å². The van der Waals surface area contributed by atoms with Crippen LogP contribution in [0, 0.1) is 22.0 Å². The summed E-state index contributed by atoms with van der Waals surface area (Å²) in [4.78, 5) is 24.7. The van der Waals surface area contributed by atoms with Gasteiger partial charge in [0.15, 0.2) is 0 Å². The molecular weight excluding hydrogens is 341 g/mol. The summed E-state index contributed by atoms with van der Waals surface area (Å²) >= 11 is 6.06. The van der Waals surface area contributed by atoms with E-state index in [1.807, 2.05) is 4.90 Å². The van der Waals surface area contributed by atoms with Crippen LogP contribution in [0.1, 0.15) is 23.2 Å². The third-order valence-corrected chi connectivity index (χ3v) is 5.01. The average Bonchev–Trinajstić information content (AvgIpc) is 2.85. The molecule has 2 atom stereocenters. The molecule has 2 saturated heterocycles. The molecule has 1 aromatic carbocycles. The molecule has 0 bridgehead atoms. The zero-order valence-corrected chi connectivity index (χ0v) is 14.1. The van der Waals surface area contributed by atoms with Gasteiger partial charge in [-0.3, -0.25) is 14.9 Å². The summed E-state index contributed by atoms with van der Waals surface area (Å²) in [7, 11) is 0. The first-order chi connectivity index (χ1) is 10.6. The third kappa shape index (κ3) is 3.76. The number of fused-ring (bicyclic) bond motifs is 1. The number of carbonyl (C=O) groups is 1. The molecule has 1 amide bonds. The molecule has 0 unspecified atom stereocenters. The highest BCUT2D eigenvalue weighted by molar-refractivity contribution is 6.34. The van der Waals surface area contributed by atoms with Crippen molar-refractivity contribution in [2.24, 2.45) is 11.8 Å². The Kier molecular flexibility index (Phi) is 5.84. The Morgan fingerprint density at radius 1 is 1.26 bits per heavy atom. The quantitative estimate of drug-likeness (QED) is 0.650. The largest absolute Gasteiger partial charge is 0.339 e. The molecule has 2 aliphatic rings. The smallest absolute Gasteiger partial charge is 0.270 e. The highest BCUT2D eigenvalue weighted by atomic mass is 35.5. The first kappa shape index (κ1) is 18.0. The first-order valence-electron chi connectivity index (χ1n) is 7.50. The Morgan fingerprint density at radius 2 is 1.87 bits per heavy atom. The molecule has 3 rings (SSSR count). The van der Waals surface area contributed by atoms with Crippen LogP contribution >= 0.6 is 24.0 Å². The van der Waals surface area contributed by atoms with Gasteiger partial charge in [0.1, 0.15) is 0 Å². The number of hydrogen-bond donors (Lipinski definition) is 1. The Labute approximate surface area is 145 Å². The van der Waals surface area contributed by atoms with Gasteiger partial charge in [-0.05, 0) is 43.8 Å². The van der Waals surface area contributed by atoms with E-state index in [4.69, 9.17) is 11.6 Å². The average molecular weight is 360 g/mol. The van der Waals surface area contributed by atoms with Crippen molar-refractivity contribution in [2.45, 2.75) is 12.8 Å². The second-order valence-electron chi connectivity index (χ2n) is 5.97. The molecule has 8 heteroatoms. The van der Waals surface area contributed by atoms with Crippen molar-refractivity contribution in [1.82, 2.24) is 10.2 Å². The van der Waals surface area contributed by atoms with Crippen LogP contribution in [0.2, 0.25) is 5.02 Å². The maximum absolute atomic E-state index is 12.6. The highest BCUT2D eigenvalue weighted by Gasteiger charge is 2.32. The fourth-order valence-electron chi connectivity index (χ4n) is 3.38. The van der Waals surface area contributed by atoms with Crippen molar-refractivity contribution in [3.63, 3.8) is 0 Å². The van der Waals surface area contributed by atoms with Crippen molar-refractivity contribution in [2.75, 3.05) is 26.2 Å². The lowest BCUT2D eigenvalue weighted by atomic mass is 9.92. The lowest BCUT2D eigenvalue weighted by Gasteiger charge is -2.21. The number of non-ortho nitro benzene ring substituents is 1. The molecule has 2 heterocycles. The number of nitro groups is 1. The number of nitrogens with one attached hydrogen (secondary N) is 1. The number of benzene rings is 1.